The van der Waals surface area contributed by atoms with Gasteiger partial charge in [-0.05, 0) is 44.7 Å². The number of piperidine rings is 1. The summed E-state index contributed by atoms with van der Waals surface area (Å²) in [5.74, 6) is -0.238. The molecule has 0 aromatic heterocycles. The molecule has 0 aliphatic carbocycles. The number of sulfonamides is 1. The van der Waals surface area contributed by atoms with Gasteiger partial charge in [-0.2, -0.15) is 4.31 Å². The van der Waals surface area contributed by atoms with Gasteiger partial charge in [0.15, 0.2) is 0 Å². The number of likely N-dealkylation sites (tertiary alicyclic amines) is 1. The molecule has 160 valence electrons. The Kier molecular flexibility index (Phi) is 6.92. The van der Waals surface area contributed by atoms with Gasteiger partial charge >= 0.3 is 0 Å². The quantitative estimate of drug-likeness (QED) is 0.695. The number of likely N-dealkylation sites (N-methyl/N-ethyl adjacent to an activating group) is 1. The standard InChI is InChI=1S/C20H30N4O4S/c1-15-5-7-17(8-6-15)29(27,28)24-11-3-4-18(24)20(26)22-16-9-12-23(13-10-16)14-19(25)21-2/h5-8,16,18H,3-4,9-14H2,1-2H3,(H,21,25)(H,22,26)/t18-/m0/s1. The fourth-order valence-corrected chi connectivity index (χ4v) is 5.61. The fraction of sp³-hybridized carbons (Fsp3) is 0.600. The smallest absolute Gasteiger partial charge is 0.243 e. The Hall–Kier alpha value is -1.97. The van der Waals surface area contributed by atoms with Gasteiger partial charge in [0, 0.05) is 32.7 Å². The van der Waals surface area contributed by atoms with Crippen LogP contribution in [0.5, 0.6) is 0 Å². The molecule has 3 rings (SSSR count). The van der Waals surface area contributed by atoms with Gasteiger partial charge in [-0.3, -0.25) is 14.5 Å². The molecule has 0 bridgehead atoms. The predicted octanol–water partition coefficient (Wildman–Crippen LogP) is 0.475. The number of amides is 2. The minimum atomic E-state index is -3.70. The zero-order chi connectivity index (χ0) is 21.0. The summed E-state index contributed by atoms with van der Waals surface area (Å²) in [5.41, 5.74) is 0.988. The van der Waals surface area contributed by atoms with Gasteiger partial charge in [-0.15, -0.1) is 0 Å². The second-order valence-electron chi connectivity index (χ2n) is 7.82. The van der Waals surface area contributed by atoms with Crippen LogP contribution >= 0.6 is 0 Å². The van der Waals surface area contributed by atoms with Crippen molar-refractivity contribution in [3.05, 3.63) is 29.8 Å². The lowest BCUT2D eigenvalue weighted by atomic mass is 10.0. The molecule has 2 aliphatic heterocycles. The summed E-state index contributed by atoms with van der Waals surface area (Å²) in [6, 6.07) is 6.08. The lowest BCUT2D eigenvalue weighted by Crippen LogP contribution is -2.52. The maximum Gasteiger partial charge on any atom is 0.243 e. The highest BCUT2D eigenvalue weighted by Gasteiger charge is 2.40. The molecule has 1 aromatic rings. The van der Waals surface area contributed by atoms with Crippen LogP contribution in [0.4, 0.5) is 0 Å². The van der Waals surface area contributed by atoms with Crippen LogP contribution in [0, 0.1) is 6.92 Å². The largest absolute Gasteiger partial charge is 0.358 e. The van der Waals surface area contributed by atoms with Crippen LogP contribution in [0.3, 0.4) is 0 Å². The Morgan fingerprint density at radius 1 is 1.07 bits per heavy atom. The molecule has 0 saturated carbocycles. The minimum Gasteiger partial charge on any atom is -0.358 e. The molecule has 2 N–H and O–H groups in total. The molecule has 2 fully saturated rings. The van der Waals surface area contributed by atoms with E-state index in [9.17, 15) is 18.0 Å². The van der Waals surface area contributed by atoms with Crippen LogP contribution in [0.15, 0.2) is 29.2 Å². The summed E-state index contributed by atoms with van der Waals surface area (Å²) >= 11 is 0. The van der Waals surface area contributed by atoms with Crippen molar-refractivity contribution < 1.29 is 18.0 Å². The van der Waals surface area contributed by atoms with Crippen molar-refractivity contribution in [3.63, 3.8) is 0 Å². The molecule has 2 amide bonds. The SMILES string of the molecule is CNC(=O)CN1CCC(NC(=O)[C@@H]2CCCN2S(=O)(=O)c2ccc(C)cc2)CC1. The number of hydrogen-bond donors (Lipinski definition) is 2. The summed E-state index contributed by atoms with van der Waals surface area (Å²) < 4.78 is 27.4. The molecule has 0 radical (unpaired) electrons. The third-order valence-electron chi connectivity index (χ3n) is 5.71. The predicted molar refractivity (Wildman–Crippen MR) is 110 cm³/mol. The Morgan fingerprint density at radius 2 is 1.72 bits per heavy atom. The first-order valence-corrected chi connectivity index (χ1v) is 11.6. The Morgan fingerprint density at radius 3 is 2.34 bits per heavy atom. The third-order valence-corrected chi connectivity index (χ3v) is 7.64. The van der Waals surface area contributed by atoms with E-state index in [4.69, 9.17) is 0 Å². The average Bonchev–Trinajstić information content (AvgIpc) is 3.21. The van der Waals surface area contributed by atoms with Gasteiger partial charge in [0.2, 0.25) is 21.8 Å². The summed E-state index contributed by atoms with van der Waals surface area (Å²) in [6.07, 6.45) is 2.71. The molecule has 2 saturated heterocycles. The number of hydrogen-bond acceptors (Lipinski definition) is 5. The molecular formula is C20H30N4O4S. The molecule has 1 atom stereocenters. The van der Waals surface area contributed by atoms with Crippen molar-refractivity contribution >= 4 is 21.8 Å². The number of carbonyl (C=O) groups excluding carboxylic acids is 2. The number of rotatable bonds is 6. The summed E-state index contributed by atoms with van der Waals surface area (Å²) in [4.78, 5) is 26.6. The minimum absolute atomic E-state index is 0.00738. The fourth-order valence-electron chi connectivity index (χ4n) is 3.95. The molecule has 2 heterocycles. The van der Waals surface area contributed by atoms with Gasteiger partial charge in [0.05, 0.1) is 11.4 Å². The van der Waals surface area contributed by atoms with Crippen LogP contribution < -0.4 is 10.6 Å². The molecule has 2 aliphatic rings. The maximum absolute atomic E-state index is 13.0. The number of benzene rings is 1. The van der Waals surface area contributed by atoms with E-state index in [-0.39, 0.29) is 22.8 Å². The zero-order valence-electron chi connectivity index (χ0n) is 17.1. The van der Waals surface area contributed by atoms with Crippen LogP contribution in [0.25, 0.3) is 0 Å². The van der Waals surface area contributed by atoms with E-state index in [1.54, 1.807) is 31.3 Å². The lowest BCUT2D eigenvalue weighted by Gasteiger charge is -2.33. The monoisotopic (exact) mass is 422 g/mol. The number of carbonyl (C=O) groups is 2. The molecule has 9 heteroatoms. The van der Waals surface area contributed by atoms with Crippen molar-refractivity contribution in [2.75, 3.05) is 33.2 Å². The first-order chi connectivity index (χ1) is 13.8. The van der Waals surface area contributed by atoms with E-state index >= 15 is 0 Å². The molecule has 0 unspecified atom stereocenters. The van der Waals surface area contributed by atoms with E-state index in [1.165, 1.54) is 4.31 Å². The van der Waals surface area contributed by atoms with Gasteiger partial charge in [-0.25, -0.2) is 8.42 Å². The van der Waals surface area contributed by atoms with Gasteiger partial charge in [0.25, 0.3) is 0 Å². The normalized spacial score (nSPS) is 21.8. The highest BCUT2D eigenvalue weighted by atomic mass is 32.2. The molecule has 29 heavy (non-hydrogen) atoms. The molecule has 1 aromatic carbocycles. The molecular weight excluding hydrogens is 392 g/mol. The van der Waals surface area contributed by atoms with E-state index in [0.717, 1.165) is 31.5 Å². The number of aryl methyl sites for hydroxylation is 1. The second-order valence-corrected chi connectivity index (χ2v) is 9.71. The van der Waals surface area contributed by atoms with E-state index in [2.05, 4.69) is 15.5 Å². The van der Waals surface area contributed by atoms with Crippen molar-refractivity contribution in [1.29, 1.82) is 0 Å². The first kappa shape index (κ1) is 21.7. The van der Waals surface area contributed by atoms with Crippen LogP contribution in [-0.2, 0) is 19.6 Å². The second kappa shape index (κ2) is 9.23. The van der Waals surface area contributed by atoms with E-state index < -0.39 is 16.1 Å². The highest BCUT2D eigenvalue weighted by molar-refractivity contribution is 7.89. The summed E-state index contributed by atoms with van der Waals surface area (Å²) in [6.45, 7) is 4.09. The summed E-state index contributed by atoms with van der Waals surface area (Å²) in [5, 5.41) is 5.65. The van der Waals surface area contributed by atoms with Crippen molar-refractivity contribution in [3.8, 4) is 0 Å². The Labute approximate surface area is 172 Å². The van der Waals surface area contributed by atoms with Crippen molar-refractivity contribution in [2.45, 2.75) is 49.6 Å². The van der Waals surface area contributed by atoms with Crippen LogP contribution in [0.2, 0.25) is 0 Å². The van der Waals surface area contributed by atoms with E-state index in [1.807, 2.05) is 6.92 Å². The first-order valence-electron chi connectivity index (χ1n) is 10.1. The average molecular weight is 423 g/mol. The summed E-state index contributed by atoms with van der Waals surface area (Å²) in [7, 11) is -2.08. The highest BCUT2D eigenvalue weighted by Crippen LogP contribution is 2.27. The zero-order valence-corrected chi connectivity index (χ0v) is 17.9. The number of nitrogens with zero attached hydrogens (tertiary/aromatic N) is 2. The van der Waals surface area contributed by atoms with Gasteiger partial charge in [0.1, 0.15) is 6.04 Å². The van der Waals surface area contributed by atoms with Crippen LogP contribution in [-0.4, -0.2) is 74.7 Å². The third kappa shape index (κ3) is 5.15. The van der Waals surface area contributed by atoms with Gasteiger partial charge in [-0.1, -0.05) is 17.7 Å². The maximum atomic E-state index is 13.0. The van der Waals surface area contributed by atoms with Gasteiger partial charge < -0.3 is 10.6 Å². The van der Waals surface area contributed by atoms with Crippen molar-refractivity contribution in [2.24, 2.45) is 0 Å². The number of nitrogens with one attached hydrogen (secondary N) is 2. The van der Waals surface area contributed by atoms with E-state index in [0.29, 0.717) is 25.9 Å². The molecule has 0 spiro atoms. The topological polar surface area (TPSA) is 98.8 Å². The molecule has 8 nitrogen and oxygen atoms in total. The van der Waals surface area contributed by atoms with Crippen LogP contribution in [0.1, 0.15) is 31.2 Å². The lowest BCUT2D eigenvalue weighted by molar-refractivity contribution is -0.126. The van der Waals surface area contributed by atoms with Crippen molar-refractivity contribution in [1.82, 2.24) is 19.8 Å². The Balaban J connectivity index is 1.59. The Bertz CT molecular complexity index is 833.